The molecule has 0 aliphatic rings. The van der Waals surface area contributed by atoms with Crippen molar-refractivity contribution >= 4 is 18.4 Å². The Morgan fingerprint density at radius 1 is 1.64 bits per heavy atom. The minimum absolute atomic E-state index is 0.336. The summed E-state index contributed by atoms with van der Waals surface area (Å²) in [6, 6.07) is 3.43. The number of carbonyl (C=O) groups is 1. The second-order valence-electron chi connectivity index (χ2n) is 2.56. The van der Waals surface area contributed by atoms with E-state index >= 15 is 0 Å². The number of nitrogens with two attached hydrogens (primary N) is 2. The fourth-order valence-corrected chi connectivity index (χ4v) is 0.956. The summed E-state index contributed by atoms with van der Waals surface area (Å²) >= 11 is 0. The van der Waals surface area contributed by atoms with Crippen molar-refractivity contribution in [3.63, 3.8) is 0 Å². The van der Waals surface area contributed by atoms with E-state index in [1.807, 2.05) is 0 Å². The molecule has 0 unspecified atom stereocenters. The van der Waals surface area contributed by atoms with Gasteiger partial charge in [-0.05, 0) is 17.7 Å². The van der Waals surface area contributed by atoms with E-state index in [2.05, 4.69) is 10.1 Å². The normalized spacial score (nSPS) is 10.4. The van der Waals surface area contributed by atoms with Gasteiger partial charge in [0.1, 0.15) is 18.4 Å². The molecule has 0 bridgehead atoms. The van der Waals surface area contributed by atoms with Crippen LogP contribution in [0.1, 0.15) is 5.56 Å². The van der Waals surface area contributed by atoms with E-state index < -0.39 is 0 Å². The third-order valence-corrected chi connectivity index (χ3v) is 1.58. The van der Waals surface area contributed by atoms with E-state index in [1.165, 1.54) is 11.3 Å². The first kappa shape index (κ1) is 10.1. The maximum Gasteiger partial charge on any atom is 0.148 e. The highest BCUT2D eigenvalue weighted by Gasteiger charge is 2.00. The van der Waals surface area contributed by atoms with Gasteiger partial charge in [0.05, 0.1) is 0 Å². The van der Waals surface area contributed by atoms with Crippen molar-refractivity contribution in [3.8, 4) is 0 Å². The van der Waals surface area contributed by atoms with Gasteiger partial charge in [0.15, 0.2) is 0 Å². The molecule has 6 heteroatoms. The van der Waals surface area contributed by atoms with Crippen LogP contribution in [-0.2, 0) is 11.2 Å². The number of hydrazone groups is 1. The van der Waals surface area contributed by atoms with E-state index in [0.29, 0.717) is 12.2 Å². The molecule has 0 atom stereocenters. The number of pyridine rings is 1. The Kier molecular flexibility index (Phi) is 3.57. The molecule has 1 aromatic rings. The number of aldehydes is 1. The number of hydrogen-bond acceptors (Lipinski definition) is 5. The maximum atomic E-state index is 10.3. The predicted octanol–water partition coefficient (Wildman–Crippen LogP) is -0.595. The standard InChI is InChI=1S/C8H11N5O/c9-12-6-13(10)8-5-7(2-4-14)1-3-11-8/h1,3-6H,2,9-10H2/b12-6-. The van der Waals surface area contributed by atoms with Crippen molar-refractivity contribution in [2.45, 2.75) is 6.42 Å². The maximum absolute atomic E-state index is 10.3. The molecule has 1 rings (SSSR count). The van der Waals surface area contributed by atoms with Crippen molar-refractivity contribution < 1.29 is 4.79 Å². The first-order chi connectivity index (χ1) is 6.77. The van der Waals surface area contributed by atoms with Crippen molar-refractivity contribution in [3.05, 3.63) is 23.9 Å². The van der Waals surface area contributed by atoms with Crippen LogP contribution in [0.4, 0.5) is 5.82 Å². The van der Waals surface area contributed by atoms with Gasteiger partial charge in [0, 0.05) is 12.6 Å². The lowest BCUT2D eigenvalue weighted by molar-refractivity contribution is -0.107. The lowest BCUT2D eigenvalue weighted by Gasteiger charge is -2.10. The molecule has 74 valence electrons. The van der Waals surface area contributed by atoms with Crippen molar-refractivity contribution in [1.29, 1.82) is 0 Å². The lowest BCUT2D eigenvalue weighted by atomic mass is 10.2. The predicted molar refractivity (Wildman–Crippen MR) is 53.4 cm³/mol. The molecule has 1 aromatic heterocycles. The highest BCUT2D eigenvalue weighted by molar-refractivity contribution is 5.75. The van der Waals surface area contributed by atoms with Crippen molar-refractivity contribution in [1.82, 2.24) is 4.98 Å². The van der Waals surface area contributed by atoms with Gasteiger partial charge in [0.25, 0.3) is 0 Å². The molecular formula is C8H11N5O. The molecule has 6 nitrogen and oxygen atoms in total. The van der Waals surface area contributed by atoms with Crippen LogP contribution in [0, 0.1) is 0 Å². The molecule has 0 saturated carbocycles. The number of anilines is 1. The minimum atomic E-state index is 0.336. The van der Waals surface area contributed by atoms with E-state index in [0.717, 1.165) is 11.8 Å². The van der Waals surface area contributed by atoms with Crippen molar-refractivity contribution in [2.24, 2.45) is 16.8 Å². The lowest BCUT2D eigenvalue weighted by Crippen LogP contribution is -2.30. The third-order valence-electron chi connectivity index (χ3n) is 1.58. The molecule has 4 N–H and O–H groups in total. The second kappa shape index (κ2) is 4.93. The second-order valence-corrected chi connectivity index (χ2v) is 2.56. The van der Waals surface area contributed by atoms with Crippen LogP contribution in [0.3, 0.4) is 0 Å². The smallest absolute Gasteiger partial charge is 0.148 e. The van der Waals surface area contributed by atoms with Crippen LogP contribution in [-0.4, -0.2) is 17.6 Å². The number of aromatic nitrogens is 1. The molecule has 14 heavy (non-hydrogen) atoms. The van der Waals surface area contributed by atoms with E-state index in [1.54, 1.807) is 18.3 Å². The van der Waals surface area contributed by atoms with E-state index in [9.17, 15) is 4.79 Å². The summed E-state index contributed by atoms with van der Waals surface area (Å²) in [6.45, 7) is 0. The van der Waals surface area contributed by atoms with Gasteiger partial charge in [-0.2, -0.15) is 5.10 Å². The molecule has 0 aliphatic carbocycles. The van der Waals surface area contributed by atoms with Crippen LogP contribution in [0.25, 0.3) is 0 Å². The van der Waals surface area contributed by atoms with Gasteiger partial charge >= 0.3 is 0 Å². The number of hydrogen-bond donors (Lipinski definition) is 2. The highest BCUT2D eigenvalue weighted by Crippen LogP contribution is 2.08. The molecule has 0 radical (unpaired) electrons. The van der Waals surface area contributed by atoms with Crippen molar-refractivity contribution in [2.75, 3.05) is 5.01 Å². The first-order valence-corrected chi connectivity index (χ1v) is 3.94. The molecule has 0 saturated heterocycles. The zero-order valence-corrected chi connectivity index (χ0v) is 7.50. The number of hydrazine groups is 1. The topological polar surface area (TPSA) is 97.6 Å². The quantitative estimate of drug-likeness (QED) is 0.219. The van der Waals surface area contributed by atoms with Gasteiger partial charge in [-0.15, -0.1) is 0 Å². The number of nitrogens with zero attached hydrogens (tertiary/aromatic N) is 3. The van der Waals surface area contributed by atoms with Crippen LogP contribution in [0.15, 0.2) is 23.4 Å². The molecule has 1 heterocycles. The largest absolute Gasteiger partial charge is 0.322 e. The molecule has 0 aliphatic heterocycles. The fourth-order valence-electron chi connectivity index (χ4n) is 0.956. The minimum Gasteiger partial charge on any atom is -0.322 e. The summed E-state index contributed by atoms with van der Waals surface area (Å²) in [5.41, 5.74) is 0.839. The Hall–Kier alpha value is -1.95. The SMILES string of the molecule is N/N=C\N(N)c1cc(CC=O)ccn1. The molecule has 0 fully saturated rings. The Labute approximate surface area is 81.2 Å². The summed E-state index contributed by atoms with van der Waals surface area (Å²) in [5.74, 6) is 10.9. The average Bonchev–Trinajstić information content (AvgIpc) is 2.19. The Morgan fingerprint density at radius 2 is 2.43 bits per heavy atom. The molecular weight excluding hydrogens is 182 g/mol. The Balaban J connectivity index is 2.87. The van der Waals surface area contributed by atoms with E-state index in [4.69, 9.17) is 11.7 Å². The summed E-state index contributed by atoms with van der Waals surface area (Å²) in [7, 11) is 0. The average molecular weight is 193 g/mol. The first-order valence-electron chi connectivity index (χ1n) is 3.94. The molecule has 0 spiro atoms. The summed E-state index contributed by atoms with van der Waals surface area (Å²) in [4.78, 5) is 14.2. The zero-order chi connectivity index (χ0) is 10.4. The summed E-state index contributed by atoms with van der Waals surface area (Å²) in [5, 5.41) is 4.43. The Morgan fingerprint density at radius 3 is 3.07 bits per heavy atom. The van der Waals surface area contributed by atoms with Gasteiger partial charge < -0.3 is 10.6 Å². The van der Waals surface area contributed by atoms with Gasteiger partial charge in [0.2, 0.25) is 0 Å². The highest BCUT2D eigenvalue weighted by atomic mass is 16.1. The van der Waals surface area contributed by atoms with Gasteiger partial charge in [-0.1, -0.05) is 0 Å². The van der Waals surface area contributed by atoms with Gasteiger partial charge in [-0.3, -0.25) is 0 Å². The fraction of sp³-hybridized carbons (Fsp3) is 0.125. The van der Waals surface area contributed by atoms with Gasteiger partial charge in [-0.25, -0.2) is 15.8 Å². The van der Waals surface area contributed by atoms with Crippen LogP contribution in [0.2, 0.25) is 0 Å². The van der Waals surface area contributed by atoms with Crippen LogP contribution < -0.4 is 16.7 Å². The number of carbonyl (C=O) groups excluding carboxylic acids is 1. The Bertz CT molecular complexity index is 338. The third kappa shape index (κ3) is 2.53. The molecule has 0 amide bonds. The zero-order valence-electron chi connectivity index (χ0n) is 7.50. The van der Waals surface area contributed by atoms with Crippen LogP contribution >= 0.6 is 0 Å². The summed E-state index contributed by atoms with van der Waals surface area (Å²) < 4.78 is 0. The number of rotatable bonds is 4. The molecule has 0 aromatic carbocycles. The summed E-state index contributed by atoms with van der Waals surface area (Å²) in [6.07, 6.45) is 3.95. The monoisotopic (exact) mass is 193 g/mol. The van der Waals surface area contributed by atoms with Crippen LogP contribution in [0.5, 0.6) is 0 Å². The van der Waals surface area contributed by atoms with E-state index in [-0.39, 0.29) is 0 Å².